The second kappa shape index (κ2) is 5.52. The summed E-state index contributed by atoms with van der Waals surface area (Å²) in [5.41, 5.74) is 9.48. The lowest BCUT2D eigenvalue weighted by Gasteiger charge is -2.13. The fourth-order valence-corrected chi connectivity index (χ4v) is 1.94. The van der Waals surface area contributed by atoms with E-state index in [-0.39, 0.29) is 0 Å². The molecule has 2 aromatic rings. The second-order valence-corrected chi connectivity index (χ2v) is 4.32. The Morgan fingerprint density at radius 3 is 2.42 bits per heavy atom. The van der Waals surface area contributed by atoms with Crippen LogP contribution >= 0.6 is 0 Å². The molecule has 0 heterocycles. The predicted octanol–water partition coefficient (Wildman–Crippen LogP) is 3.34. The maximum absolute atomic E-state index is 5.84. The lowest BCUT2D eigenvalue weighted by atomic mass is 10.2. The molecular weight excluding hydrogens is 240 g/mol. The van der Waals surface area contributed by atoms with Crippen LogP contribution in [0.5, 0.6) is 11.5 Å². The summed E-state index contributed by atoms with van der Waals surface area (Å²) in [5, 5.41) is 3.30. The molecule has 19 heavy (non-hydrogen) atoms. The molecule has 0 unspecified atom stereocenters. The van der Waals surface area contributed by atoms with E-state index in [9.17, 15) is 0 Å². The summed E-state index contributed by atoms with van der Waals surface area (Å²) in [6, 6.07) is 11.5. The van der Waals surface area contributed by atoms with E-state index in [1.165, 1.54) is 0 Å². The van der Waals surface area contributed by atoms with Crippen molar-refractivity contribution in [1.29, 1.82) is 0 Å². The molecule has 2 rings (SSSR count). The second-order valence-electron chi connectivity index (χ2n) is 4.32. The summed E-state index contributed by atoms with van der Waals surface area (Å²) in [5.74, 6) is 1.48. The average Bonchev–Trinajstić information content (AvgIpc) is 2.38. The number of ether oxygens (including phenoxy) is 2. The van der Waals surface area contributed by atoms with E-state index in [1.807, 2.05) is 43.3 Å². The standard InChI is InChI=1S/C15H18N2O2/c1-10-6-11(16)8-12(7-10)17-14-5-4-13(18-2)9-15(14)19-3/h4-9,17H,16H2,1-3H3. The predicted molar refractivity (Wildman–Crippen MR) is 78.4 cm³/mol. The van der Waals surface area contributed by atoms with Crippen molar-refractivity contribution in [2.24, 2.45) is 0 Å². The molecule has 0 fully saturated rings. The van der Waals surface area contributed by atoms with Crippen molar-refractivity contribution in [2.45, 2.75) is 6.92 Å². The van der Waals surface area contributed by atoms with Crippen LogP contribution in [0.1, 0.15) is 5.56 Å². The topological polar surface area (TPSA) is 56.5 Å². The van der Waals surface area contributed by atoms with Gasteiger partial charge in [-0.25, -0.2) is 0 Å². The normalized spacial score (nSPS) is 10.1. The molecule has 2 aromatic carbocycles. The molecule has 0 saturated carbocycles. The van der Waals surface area contributed by atoms with Gasteiger partial charge in [-0.15, -0.1) is 0 Å². The van der Waals surface area contributed by atoms with E-state index in [0.717, 1.165) is 34.1 Å². The Kier molecular flexibility index (Phi) is 3.80. The molecule has 0 bridgehead atoms. The molecule has 4 heteroatoms. The third-order valence-electron chi connectivity index (χ3n) is 2.79. The zero-order valence-electron chi connectivity index (χ0n) is 11.4. The number of nitrogens with two attached hydrogens (primary N) is 1. The van der Waals surface area contributed by atoms with Gasteiger partial charge in [0, 0.05) is 17.4 Å². The quantitative estimate of drug-likeness (QED) is 0.826. The number of nitrogens with one attached hydrogen (secondary N) is 1. The third-order valence-corrected chi connectivity index (χ3v) is 2.79. The van der Waals surface area contributed by atoms with E-state index in [4.69, 9.17) is 15.2 Å². The zero-order chi connectivity index (χ0) is 13.8. The largest absolute Gasteiger partial charge is 0.497 e. The number of nitrogen functional groups attached to an aromatic ring is 1. The highest BCUT2D eigenvalue weighted by Gasteiger charge is 2.06. The number of methoxy groups -OCH3 is 2. The number of aryl methyl sites for hydroxylation is 1. The van der Waals surface area contributed by atoms with Crippen LogP contribution in [0.2, 0.25) is 0 Å². The van der Waals surface area contributed by atoms with Crippen LogP contribution in [-0.4, -0.2) is 14.2 Å². The van der Waals surface area contributed by atoms with Gasteiger partial charge in [0.2, 0.25) is 0 Å². The van der Waals surface area contributed by atoms with Gasteiger partial charge < -0.3 is 20.5 Å². The SMILES string of the molecule is COc1ccc(Nc2cc(C)cc(N)c2)c(OC)c1. The van der Waals surface area contributed by atoms with Gasteiger partial charge >= 0.3 is 0 Å². The number of hydrogen-bond acceptors (Lipinski definition) is 4. The first kappa shape index (κ1) is 13.1. The van der Waals surface area contributed by atoms with Crippen molar-refractivity contribution >= 4 is 17.1 Å². The number of hydrogen-bond donors (Lipinski definition) is 2. The molecule has 0 aromatic heterocycles. The summed E-state index contributed by atoms with van der Waals surface area (Å²) in [6.07, 6.45) is 0. The Hall–Kier alpha value is -2.36. The molecule has 0 aliphatic carbocycles. The molecule has 0 atom stereocenters. The van der Waals surface area contributed by atoms with Crippen LogP contribution in [0.15, 0.2) is 36.4 Å². The van der Waals surface area contributed by atoms with Gasteiger partial charge in [0.25, 0.3) is 0 Å². The molecule has 0 aliphatic rings. The van der Waals surface area contributed by atoms with Gasteiger partial charge in [-0.1, -0.05) is 0 Å². The first-order chi connectivity index (χ1) is 9.12. The molecular formula is C15H18N2O2. The van der Waals surface area contributed by atoms with Crippen molar-refractivity contribution in [3.8, 4) is 11.5 Å². The zero-order valence-corrected chi connectivity index (χ0v) is 11.4. The van der Waals surface area contributed by atoms with Gasteiger partial charge in [-0.3, -0.25) is 0 Å². The molecule has 0 radical (unpaired) electrons. The Balaban J connectivity index is 2.32. The molecule has 4 nitrogen and oxygen atoms in total. The van der Waals surface area contributed by atoms with Gasteiger partial charge in [0.05, 0.1) is 19.9 Å². The summed E-state index contributed by atoms with van der Waals surface area (Å²) in [7, 11) is 3.26. The van der Waals surface area contributed by atoms with Gasteiger partial charge in [0.15, 0.2) is 0 Å². The van der Waals surface area contributed by atoms with Crippen LogP contribution < -0.4 is 20.5 Å². The van der Waals surface area contributed by atoms with E-state index in [0.29, 0.717) is 0 Å². The Morgan fingerprint density at radius 2 is 1.79 bits per heavy atom. The molecule has 0 saturated heterocycles. The van der Waals surface area contributed by atoms with E-state index >= 15 is 0 Å². The van der Waals surface area contributed by atoms with E-state index in [2.05, 4.69) is 5.32 Å². The smallest absolute Gasteiger partial charge is 0.145 e. The van der Waals surface area contributed by atoms with Crippen molar-refractivity contribution in [3.63, 3.8) is 0 Å². The fourth-order valence-electron chi connectivity index (χ4n) is 1.94. The maximum atomic E-state index is 5.84. The lowest BCUT2D eigenvalue weighted by Crippen LogP contribution is -1.97. The van der Waals surface area contributed by atoms with E-state index in [1.54, 1.807) is 14.2 Å². The Morgan fingerprint density at radius 1 is 1.00 bits per heavy atom. The highest BCUT2D eigenvalue weighted by Crippen LogP contribution is 2.32. The average molecular weight is 258 g/mol. The highest BCUT2D eigenvalue weighted by atomic mass is 16.5. The van der Waals surface area contributed by atoms with Crippen molar-refractivity contribution < 1.29 is 9.47 Å². The van der Waals surface area contributed by atoms with Crippen LogP contribution in [0.3, 0.4) is 0 Å². The summed E-state index contributed by atoms with van der Waals surface area (Å²) >= 11 is 0. The number of rotatable bonds is 4. The van der Waals surface area contributed by atoms with Crippen LogP contribution in [0.4, 0.5) is 17.1 Å². The lowest BCUT2D eigenvalue weighted by molar-refractivity contribution is 0.395. The van der Waals surface area contributed by atoms with Crippen LogP contribution in [-0.2, 0) is 0 Å². The Labute approximate surface area is 113 Å². The molecule has 100 valence electrons. The molecule has 0 amide bonds. The maximum Gasteiger partial charge on any atom is 0.145 e. The third kappa shape index (κ3) is 3.10. The minimum absolute atomic E-state index is 0.722. The van der Waals surface area contributed by atoms with Crippen molar-refractivity contribution in [3.05, 3.63) is 42.0 Å². The number of anilines is 3. The fraction of sp³-hybridized carbons (Fsp3) is 0.200. The van der Waals surface area contributed by atoms with Gasteiger partial charge in [-0.2, -0.15) is 0 Å². The van der Waals surface area contributed by atoms with E-state index < -0.39 is 0 Å². The molecule has 0 spiro atoms. The van der Waals surface area contributed by atoms with Crippen LogP contribution in [0, 0.1) is 6.92 Å². The van der Waals surface area contributed by atoms with Crippen molar-refractivity contribution in [2.75, 3.05) is 25.3 Å². The first-order valence-corrected chi connectivity index (χ1v) is 5.98. The van der Waals surface area contributed by atoms with Crippen LogP contribution in [0.25, 0.3) is 0 Å². The van der Waals surface area contributed by atoms with Gasteiger partial charge in [-0.05, 0) is 42.8 Å². The molecule has 3 N–H and O–H groups in total. The minimum atomic E-state index is 0.722. The highest BCUT2D eigenvalue weighted by molar-refractivity contribution is 5.70. The summed E-state index contributed by atoms with van der Waals surface area (Å²) < 4.78 is 10.5. The monoisotopic (exact) mass is 258 g/mol. The first-order valence-electron chi connectivity index (χ1n) is 5.98. The van der Waals surface area contributed by atoms with Crippen molar-refractivity contribution in [1.82, 2.24) is 0 Å². The summed E-state index contributed by atoms with van der Waals surface area (Å²) in [6.45, 7) is 2.01. The summed E-state index contributed by atoms with van der Waals surface area (Å²) in [4.78, 5) is 0. The number of benzene rings is 2. The minimum Gasteiger partial charge on any atom is -0.497 e. The van der Waals surface area contributed by atoms with Gasteiger partial charge in [0.1, 0.15) is 11.5 Å². The Bertz CT molecular complexity index is 562. The molecule has 0 aliphatic heterocycles.